The summed E-state index contributed by atoms with van der Waals surface area (Å²) in [6.45, 7) is 0.769. The molecule has 0 bridgehead atoms. The number of nitrogens with two attached hydrogens (primary N) is 1. The molecule has 0 fully saturated rings. The van der Waals surface area contributed by atoms with Crippen LogP contribution in [0.3, 0.4) is 0 Å². The molecular formula is C6H14Cl3NSi. The fourth-order valence-corrected chi connectivity index (χ4v) is 2.68. The van der Waals surface area contributed by atoms with Crippen molar-refractivity contribution in [2.24, 2.45) is 5.73 Å². The van der Waals surface area contributed by atoms with Crippen LogP contribution in [0.1, 0.15) is 25.7 Å². The Kier molecular flexibility index (Phi) is 7.17. The first-order chi connectivity index (χ1) is 5.06. The van der Waals surface area contributed by atoms with Crippen LogP contribution in [-0.2, 0) is 0 Å². The minimum atomic E-state index is -2.33. The predicted molar refractivity (Wildman–Crippen MR) is 55.6 cm³/mol. The van der Waals surface area contributed by atoms with Gasteiger partial charge in [0.15, 0.2) is 0 Å². The summed E-state index contributed by atoms with van der Waals surface area (Å²) >= 11 is 17.1. The highest BCUT2D eigenvalue weighted by molar-refractivity contribution is 7.64. The molecule has 0 radical (unpaired) electrons. The monoisotopic (exact) mass is 233 g/mol. The molecule has 0 aliphatic rings. The van der Waals surface area contributed by atoms with Gasteiger partial charge in [0.2, 0.25) is 0 Å². The van der Waals surface area contributed by atoms with E-state index >= 15 is 0 Å². The molecule has 0 saturated heterocycles. The van der Waals surface area contributed by atoms with Crippen molar-refractivity contribution in [1.29, 1.82) is 0 Å². The lowest BCUT2D eigenvalue weighted by Crippen LogP contribution is -2.07. The lowest BCUT2D eigenvalue weighted by Gasteiger charge is -2.05. The number of halogens is 3. The molecule has 0 amide bonds. The summed E-state index contributed by atoms with van der Waals surface area (Å²) in [5.74, 6) is 0. The fraction of sp³-hybridized carbons (Fsp3) is 1.00. The van der Waals surface area contributed by atoms with Crippen LogP contribution < -0.4 is 5.73 Å². The van der Waals surface area contributed by atoms with Crippen LogP contribution in [0.15, 0.2) is 0 Å². The molecule has 0 unspecified atom stereocenters. The maximum absolute atomic E-state index is 5.69. The minimum Gasteiger partial charge on any atom is -0.330 e. The van der Waals surface area contributed by atoms with E-state index in [1.54, 1.807) is 0 Å². The van der Waals surface area contributed by atoms with Crippen molar-refractivity contribution < 1.29 is 0 Å². The third kappa shape index (κ3) is 11.0. The summed E-state index contributed by atoms with van der Waals surface area (Å²) in [6, 6.07) is -1.55. The Labute approximate surface area is 83.3 Å². The first-order valence-electron chi connectivity index (χ1n) is 3.83. The van der Waals surface area contributed by atoms with Crippen LogP contribution in [-0.4, -0.2) is 12.5 Å². The molecule has 0 aliphatic heterocycles. The smallest absolute Gasteiger partial charge is 0.330 e. The summed E-state index contributed by atoms with van der Waals surface area (Å²) in [5.41, 5.74) is 5.33. The second kappa shape index (κ2) is 6.55. The normalized spacial score (nSPS) is 12.0. The van der Waals surface area contributed by atoms with Crippen LogP contribution >= 0.6 is 33.2 Å². The molecule has 0 heterocycles. The van der Waals surface area contributed by atoms with E-state index in [1.165, 1.54) is 0 Å². The van der Waals surface area contributed by atoms with Gasteiger partial charge in [-0.2, -0.15) is 0 Å². The van der Waals surface area contributed by atoms with Gasteiger partial charge in [-0.25, -0.2) is 0 Å². The van der Waals surface area contributed by atoms with Crippen LogP contribution in [0.5, 0.6) is 0 Å². The van der Waals surface area contributed by atoms with Gasteiger partial charge in [-0.15, -0.1) is 33.2 Å². The summed E-state index contributed by atoms with van der Waals surface area (Å²) in [6.07, 6.45) is 4.41. The van der Waals surface area contributed by atoms with Gasteiger partial charge in [0.1, 0.15) is 0 Å². The molecule has 1 nitrogen and oxygen atoms in total. The molecule has 11 heavy (non-hydrogen) atoms. The quantitative estimate of drug-likeness (QED) is 0.426. The van der Waals surface area contributed by atoms with Crippen molar-refractivity contribution in [1.82, 2.24) is 0 Å². The van der Waals surface area contributed by atoms with E-state index in [1.807, 2.05) is 0 Å². The van der Waals surface area contributed by atoms with Gasteiger partial charge in [0.25, 0.3) is 0 Å². The maximum atomic E-state index is 5.69. The van der Waals surface area contributed by atoms with E-state index in [0.29, 0.717) is 0 Å². The van der Waals surface area contributed by atoms with Gasteiger partial charge in [0.05, 0.1) is 0 Å². The molecule has 0 atom stereocenters. The van der Waals surface area contributed by atoms with E-state index in [-0.39, 0.29) is 0 Å². The van der Waals surface area contributed by atoms with Crippen molar-refractivity contribution in [3.63, 3.8) is 0 Å². The van der Waals surface area contributed by atoms with Gasteiger partial charge in [-0.05, 0) is 19.0 Å². The van der Waals surface area contributed by atoms with E-state index in [4.69, 9.17) is 39.0 Å². The molecule has 68 valence electrons. The van der Waals surface area contributed by atoms with Crippen LogP contribution in [0.25, 0.3) is 0 Å². The average molecular weight is 235 g/mol. The third-order valence-corrected chi connectivity index (χ3v) is 4.04. The van der Waals surface area contributed by atoms with Gasteiger partial charge in [-0.3, -0.25) is 0 Å². The molecule has 0 aromatic heterocycles. The zero-order valence-corrected chi connectivity index (χ0v) is 9.72. The SMILES string of the molecule is NCCCCCC[Si](Cl)(Cl)Cl. The van der Waals surface area contributed by atoms with E-state index < -0.39 is 6.00 Å². The Bertz CT molecular complexity index is 94.3. The van der Waals surface area contributed by atoms with Crippen LogP contribution in [0.2, 0.25) is 6.04 Å². The predicted octanol–water partition coefficient (Wildman–Crippen LogP) is 3.16. The van der Waals surface area contributed by atoms with Crippen molar-refractivity contribution in [2.75, 3.05) is 6.54 Å². The van der Waals surface area contributed by atoms with E-state index in [9.17, 15) is 0 Å². The Balaban J connectivity index is 3.02. The minimum absolute atomic E-state index is 0.769. The van der Waals surface area contributed by atoms with Crippen molar-refractivity contribution in [2.45, 2.75) is 31.7 Å². The van der Waals surface area contributed by atoms with Crippen molar-refractivity contribution in [3.05, 3.63) is 0 Å². The fourth-order valence-electron chi connectivity index (χ4n) is 0.823. The van der Waals surface area contributed by atoms with E-state index in [2.05, 4.69) is 0 Å². The number of hydrogen-bond donors (Lipinski definition) is 1. The van der Waals surface area contributed by atoms with Gasteiger partial charge in [-0.1, -0.05) is 19.3 Å². The molecule has 0 spiro atoms. The molecule has 0 aromatic carbocycles. The first kappa shape index (κ1) is 12.0. The van der Waals surface area contributed by atoms with Crippen molar-refractivity contribution >= 4 is 39.2 Å². The standard InChI is InChI=1S/C6H14Cl3NSi/c7-11(8,9)6-4-2-1-3-5-10/h1-6,10H2. The van der Waals surface area contributed by atoms with Gasteiger partial charge in [0, 0.05) is 0 Å². The second-order valence-electron chi connectivity index (χ2n) is 2.57. The van der Waals surface area contributed by atoms with E-state index in [0.717, 1.165) is 38.3 Å². The lowest BCUT2D eigenvalue weighted by atomic mass is 10.2. The Morgan fingerprint density at radius 3 is 1.91 bits per heavy atom. The van der Waals surface area contributed by atoms with Gasteiger partial charge >= 0.3 is 6.00 Å². The number of unbranched alkanes of at least 4 members (excludes halogenated alkanes) is 3. The number of rotatable bonds is 6. The maximum Gasteiger partial charge on any atom is 0.341 e. The molecule has 0 aliphatic carbocycles. The second-order valence-corrected chi connectivity index (χ2v) is 11.8. The molecule has 0 saturated carbocycles. The molecule has 0 rings (SSSR count). The average Bonchev–Trinajstić information content (AvgIpc) is 1.85. The molecule has 0 aromatic rings. The third-order valence-electron chi connectivity index (χ3n) is 1.41. The number of hydrogen-bond acceptors (Lipinski definition) is 1. The van der Waals surface area contributed by atoms with Crippen LogP contribution in [0, 0.1) is 0 Å². The summed E-state index contributed by atoms with van der Waals surface area (Å²) in [5, 5.41) is 0. The van der Waals surface area contributed by atoms with Crippen LogP contribution in [0.4, 0.5) is 0 Å². The van der Waals surface area contributed by atoms with Gasteiger partial charge < -0.3 is 5.73 Å². The highest BCUT2D eigenvalue weighted by Gasteiger charge is 2.23. The Morgan fingerprint density at radius 1 is 0.909 bits per heavy atom. The van der Waals surface area contributed by atoms with Crippen molar-refractivity contribution in [3.8, 4) is 0 Å². The lowest BCUT2D eigenvalue weighted by molar-refractivity contribution is 0.673. The topological polar surface area (TPSA) is 26.0 Å². The highest BCUT2D eigenvalue weighted by Crippen LogP contribution is 2.27. The Hall–Kier alpha value is 1.05. The zero-order chi connectivity index (χ0) is 8.74. The molecule has 2 N–H and O–H groups in total. The largest absolute Gasteiger partial charge is 0.341 e. The zero-order valence-electron chi connectivity index (χ0n) is 6.45. The summed E-state index contributed by atoms with van der Waals surface area (Å²) in [4.78, 5) is 0. The summed E-state index contributed by atoms with van der Waals surface area (Å²) < 4.78 is 0. The first-order valence-corrected chi connectivity index (χ1v) is 9.07. The summed E-state index contributed by atoms with van der Waals surface area (Å²) in [7, 11) is 0. The molecular weight excluding hydrogens is 221 g/mol. The molecule has 5 heteroatoms. The Morgan fingerprint density at radius 2 is 1.45 bits per heavy atom. The highest BCUT2D eigenvalue weighted by atomic mass is 35.8.